The first kappa shape index (κ1) is 25.7. The molecule has 0 aliphatic carbocycles. The van der Waals surface area contributed by atoms with Crippen LogP contribution in [0.5, 0.6) is 23.0 Å². The first-order valence-electron chi connectivity index (χ1n) is 14.8. The normalized spacial score (nSPS) is 13.8. The summed E-state index contributed by atoms with van der Waals surface area (Å²) in [5.41, 5.74) is 8.36. The Balaban J connectivity index is 1.41. The molecule has 4 heteroatoms. The number of fused-ring (bicyclic) bond motifs is 7. The molecule has 5 aromatic carbocycles. The Bertz CT molecular complexity index is 2070. The molecule has 3 heterocycles. The maximum atomic E-state index is 6.99. The molecule has 0 radical (unpaired) electrons. The molecule has 2 aliphatic heterocycles. The molecule has 0 bridgehead atoms. The topological polar surface area (TPSA) is 18.5 Å². The molecular weight excluding hydrogens is 531 g/mol. The summed E-state index contributed by atoms with van der Waals surface area (Å²) >= 11 is 1.90. The van der Waals surface area contributed by atoms with E-state index < -0.39 is 0 Å². The smallest absolute Gasteiger partial charge is 0.260 e. The Labute approximate surface area is 252 Å². The Hall–Kier alpha value is -4.02. The average molecular weight is 565 g/mol. The second-order valence-electron chi connectivity index (χ2n) is 13.8. The Morgan fingerprint density at radius 1 is 0.619 bits per heavy atom. The maximum absolute atomic E-state index is 6.99. The number of rotatable bonds is 1. The van der Waals surface area contributed by atoms with Gasteiger partial charge in [-0.1, -0.05) is 96.1 Å². The average Bonchev–Trinajstić information content (AvgIpc) is 3.33. The third kappa shape index (κ3) is 3.78. The summed E-state index contributed by atoms with van der Waals surface area (Å²) in [5, 5.41) is 2.64. The molecule has 0 fully saturated rings. The van der Waals surface area contributed by atoms with Gasteiger partial charge in [0.1, 0.15) is 23.0 Å². The lowest BCUT2D eigenvalue weighted by Crippen LogP contribution is -2.57. The highest BCUT2D eigenvalue weighted by Crippen LogP contribution is 2.46. The van der Waals surface area contributed by atoms with Crippen molar-refractivity contribution in [2.75, 3.05) is 0 Å². The van der Waals surface area contributed by atoms with Gasteiger partial charge in [0.25, 0.3) is 6.71 Å². The zero-order valence-corrected chi connectivity index (χ0v) is 25.8. The van der Waals surface area contributed by atoms with Crippen LogP contribution in [0.25, 0.3) is 31.3 Å². The Morgan fingerprint density at radius 3 is 2.12 bits per heavy atom. The van der Waals surface area contributed by atoms with E-state index in [1.165, 1.54) is 47.8 Å². The van der Waals surface area contributed by atoms with Gasteiger partial charge >= 0.3 is 0 Å². The molecule has 2 aliphatic rings. The fourth-order valence-electron chi connectivity index (χ4n) is 6.67. The third-order valence-electron chi connectivity index (χ3n) is 8.87. The molecule has 0 atom stereocenters. The Morgan fingerprint density at radius 2 is 1.33 bits per heavy atom. The molecule has 8 rings (SSSR count). The van der Waals surface area contributed by atoms with Crippen molar-refractivity contribution in [3.05, 3.63) is 102 Å². The van der Waals surface area contributed by atoms with Crippen molar-refractivity contribution in [1.29, 1.82) is 0 Å². The number of hydrogen-bond acceptors (Lipinski definition) is 3. The van der Waals surface area contributed by atoms with E-state index in [1.54, 1.807) is 0 Å². The van der Waals surface area contributed by atoms with E-state index in [4.69, 9.17) is 9.47 Å². The van der Waals surface area contributed by atoms with Crippen molar-refractivity contribution in [1.82, 2.24) is 0 Å². The predicted molar refractivity (Wildman–Crippen MR) is 180 cm³/mol. The minimum atomic E-state index is -0.0445. The lowest BCUT2D eigenvalue weighted by atomic mass is 9.34. The van der Waals surface area contributed by atoms with Crippen LogP contribution < -0.4 is 25.9 Å². The highest BCUT2D eigenvalue weighted by molar-refractivity contribution is 7.26. The second kappa shape index (κ2) is 8.75. The first-order chi connectivity index (χ1) is 20.1. The van der Waals surface area contributed by atoms with E-state index in [0.29, 0.717) is 0 Å². The van der Waals surface area contributed by atoms with Crippen molar-refractivity contribution in [2.24, 2.45) is 0 Å². The van der Waals surface area contributed by atoms with Crippen LogP contribution in [0.15, 0.2) is 91.0 Å². The number of thiophene rings is 1. The predicted octanol–water partition coefficient (Wildman–Crippen LogP) is 9.04. The highest BCUT2D eigenvalue weighted by atomic mass is 32.1. The SMILES string of the molecule is CC(C)(C)c1cc2c3c(c1)Oc1c(cccc1-c1cc(C(C)(C)C)c4sc5ccccc5c4c1)B3c1ccccc1O2. The number of para-hydroxylation sites is 2. The van der Waals surface area contributed by atoms with Gasteiger partial charge in [-0.15, -0.1) is 11.3 Å². The summed E-state index contributed by atoms with van der Waals surface area (Å²) < 4.78 is 16.2. The van der Waals surface area contributed by atoms with Crippen LogP contribution in [0.4, 0.5) is 0 Å². The first-order valence-corrected chi connectivity index (χ1v) is 15.6. The molecule has 0 N–H and O–H groups in total. The zero-order chi connectivity index (χ0) is 29.0. The lowest BCUT2D eigenvalue weighted by molar-refractivity contribution is 0.459. The van der Waals surface area contributed by atoms with Gasteiger partial charge in [0, 0.05) is 31.2 Å². The fraction of sp³-hybridized carbons (Fsp3) is 0.211. The van der Waals surface area contributed by atoms with Gasteiger partial charge in [0.2, 0.25) is 0 Å². The molecule has 6 aromatic rings. The molecule has 0 amide bonds. The summed E-state index contributed by atoms with van der Waals surface area (Å²) in [7, 11) is 0. The van der Waals surface area contributed by atoms with Gasteiger partial charge in [-0.2, -0.15) is 0 Å². The van der Waals surface area contributed by atoms with E-state index >= 15 is 0 Å². The van der Waals surface area contributed by atoms with E-state index in [-0.39, 0.29) is 17.5 Å². The summed E-state index contributed by atoms with van der Waals surface area (Å²) in [6, 6.07) is 33.1. The summed E-state index contributed by atoms with van der Waals surface area (Å²) in [6.07, 6.45) is 0. The van der Waals surface area contributed by atoms with Gasteiger partial charge in [0.05, 0.1) is 0 Å². The van der Waals surface area contributed by atoms with Crippen LogP contribution in [0, 0.1) is 0 Å². The van der Waals surface area contributed by atoms with Crippen LogP contribution in [-0.4, -0.2) is 6.71 Å². The van der Waals surface area contributed by atoms with Gasteiger partial charge in [-0.25, -0.2) is 0 Å². The molecular formula is C38H33BO2S. The van der Waals surface area contributed by atoms with Gasteiger partial charge < -0.3 is 9.47 Å². The van der Waals surface area contributed by atoms with E-state index in [0.717, 1.165) is 34.0 Å². The van der Waals surface area contributed by atoms with Crippen LogP contribution >= 0.6 is 11.3 Å². The fourth-order valence-corrected chi connectivity index (χ4v) is 8.08. The van der Waals surface area contributed by atoms with Crippen LogP contribution in [0.1, 0.15) is 52.7 Å². The minimum absolute atomic E-state index is 0.00635. The molecule has 0 saturated carbocycles. The monoisotopic (exact) mass is 564 g/mol. The van der Waals surface area contributed by atoms with Crippen molar-refractivity contribution in [3.8, 4) is 34.1 Å². The minimum Gasteiger partial charge on any atom is -0.458 e. The molecule has 206 valence electrons. The largest absolute Gasteiger partial charge is 0.458 e. The van der Waals surface area contributed by atoms with E-state index in [1.807, 2.05) is 11.3 Å². The molecule has 2 nitrogen and oxygen atoms in total. The van der Waals surface area contributed by atoms with Crippen molar-refractivity contribution in [2.45, 2.75) is 52.4 Å². The molecule has 1 aromatic heterocycles. The van der Waals surface area contributed by atoms with Crippen LogP contribution in [-0.2, 0) is 10.8 Å². The van der Waals surface area contributed by atoms with Gasteiger partial charge in [-0.05, 0) is 74.8 Å². The zero-order valence-electron chi connectivity index (χ0n) is 25.0. The lowest BCUT2D eigenvalue weighted by Gasteiger charge is -2.35. The maximum Gasteiger partial charge on any atom is 0.260 e. The molecule has 0 saturated heterocycles. The third-order valence-corrected chi connectivity index (χ3v) is 10.1. The van der Waals surface area contributed by atoms with E-state index in [9.17, 15) is 0 Å². The quantitative estimate of drug-likeness (QED) is 0.185. The number of ether oxygens (including phenoxy) is 2. The molecule has 0 unspecified atom stereocenters. The highest BCUT2D eigenvalue weighted by Gasteiger charge is 2.41. The standard InChI is InChI=1S/C38H33BO2S/c1-37(2,3)23-20-31-34-32(21-23)41-35-24(13-11-15-29(35)39(34)28-14-8-9-16-30(28)40-31)22-18-26-25-12-7-10-17-33(25)42-36(26)27(19-22)38(4,5)6/h7-21H,1-6H3. The van der Waals surface area contributed by atoms with Crippen LogP contribution in [0.2, 0.25) is 0 Å². The molecule has 42 heavy (non-hydrogen) atoms. The van der Waals surface area contributed by atoms with Gasteiger partial charge in [-0.3, -0.25) is 0 Å². The number of benzene rings is 5. The second-order valence-corrected chi connectivity index (χ2v) is 14.8. The van der Waals surface area contributed by atoms with Gasteiger partial charge in [0.15, 0.2) is 0 Å². The molecule has 0 spiro atoms. The summed E-state index contributed by atoms with van der Waals surface area (Å²) in [5.74, 6) is 3.67. The van der Waals surface area contributed by atoms with Crippen LogP contribution in [0.3, 0.4) is 0 Å². The van der Waals surface area contributed by atoms with Crippen molar-refractivity contribution >= 4 is 54.6 Å². The van der Waals surface area contributed by atoms with Crippen molar-refractivity contribution in [3.63, 3.8) is 0 Å². The van der Waals surface area contributed by atoms with Crippen molar-refractivity contribution < 1.29 is 9.47 Å². The van der Waals surface area contributed by atoms with E-state index in [2.05, 4.69) is 133 Å². The Kier molecular flexibility index (Phi) is 5.35. The summed E-state index contributed by atoms with van der Waals surface area (Å²) in [6.45, 7) is 13.7. The number of hydrogen-bond donors (Lipinski definition) is 0. The summed E-state index contributed by atoms with van der Waals surface area (Å²) in [4.78, 5) is 0.